The van der Waals surface area contributed by atoms with Gasteiger partial charge in [-0.25, -0.2) is 4.98 Å². The third-order valence-electron chi connectivity index (χ3n) is 3.97. The van der Waals surface area contributed by atoms with Crippen molar-refractivity contribution in [3.05, 3.63) is 53.9 Å². The molecule has 126 valence electrons. The van der Waals surface area contributed by atoms with Gasteiger partial charge in [-0.3, -0.25) is 4.79 Å². The van der Waals surface area contributed by atoms with Crippen LogP contribution >= 0.6 is 0 Å². The maximum Gasteiger partial charge on any atom is 0.387 e. The van der Waals surface area contributed by atoms with Gasteiger partial charge in [-0.15, -0.1) is 0 Å². The number of carbonyl (C=O) groups is 1. The fourth-order valence-electron chi connectivity index (χ4n) is 2.91. The van der Waals surface area contributed by atoms with Gasteiger partial charge in [0.2, 0.25) is 0 Å². The van der Waals surface area contributed by atoms with Crippen LogP contribution in [0.25, 0.3) is 0 Å². The molecule has 0 saturated carbocycles. The van der Waals surface area contributed by atoms with Gasteiger partial charge in [0, 0.05) is 24.8 Å². The first-order valence-electron chi connectivity index (χ1n) is 7.52. The van der Waals surface area contributed by atoms with Crippen molar-refractivity contribution in [1.82, 2.24) is 4.98 Å². The van der Waals surface area contributed by atoms with E-state index in [1.807, 2.05) is 24.3 Å². The number of nitrogens with zero attached hydrogens (tertiary/aromatic N) is 2. The Morgan fingerprint density at radius 2 is 2.12 bits per heavy atom. The van der Waals surface area contributed by atoms with Crippen LogP contribution in [-0.2, 0) is 0 Å². The van der Waals surface area contributed by atoms with Gasteiger partial charge in [0.15, 0.2) is 0 Å². The van der Waals surface area contributed by atoms with Crippen LogP contribution in [0.5, 0.6) is 5.75 Å². The van der Waals surface area contributed by atoms with Crippen molar-refractivity contribution in [2.75, 3.05) is 18.1 Å². The molecule has 0 fully saturated rings. The lowest BCUT2D eigenvalue weighted by Crippen LogP contribution is -2.30. The SMILES string of the molecule is O=C(c1ccc(OC(F)F)cn1)N1CC(CCO)c2ccccc21. The second-order valence-electron chi connectivity index (χ2n) is 5.44. The van der Waals surface area contributed by atoms with Gasteiger partial charge in [-0.1, -0.05) is 18.2 Å². The second kappa shape index (κ2) is 6.92. The van der Waals surface area contributed by atoms with E-state index < -0.39 is 6.61 Å². The number of benzene rings is 1. The van der Waals surface area contributed by atoms with Gasteiger partial charge in [-0.05, 0) is 30.2 Å². The zero-order valence-corrected chi connectivity index (χ0v) is 12.7. The summed E-state index contributed by atoms with van der Waals surface area (Å²) in [5, 5.41) is 9.21. The summed E-state index contributed by atoms with van der Waals surface area (Å²) >= 11 is 0. The number of hydrogen-bond acceptors (Lipinski definition) is 4. The summed E-state index contributed by atoms with van der Waals surface area (Å²) < 4.78 is 28.6. The Kier molecular flexibility index (Phi) is 4.71. The molecule has 2 aromatic rings. The van der Waals surface area contributed by atoms with Crippen molar-refractivity contribution in [3.8, 4) is 5.75 Å². The summed E-state index contributed by atoms with van der Waals surface area (Å²) in [7, 11) is 0. The first-order chi connectivity index (χ1) is 11.6. The van der Waals surface area contributed by atoms with Crippen LogP contribution in [0.2, 0.25) is 0 Å². The first kappa shape index (κ1) is 16.3. The molecule has 1 amide bonds. The monoisotopic (exact) mass is 334 g/mol. The molecule has 1 atom stereocenters. The summed E-state index contributed by atoms with van der Waals surface area (Å²) in [4.78, 5) is 18.2. The summed E-state index contributed by atoms with van der Waals surface area (Å²) in [5.74, 6) is -0.343. The number of aromatic nitrogens is 1. The lowest BCUT2D eigenvalue weighted by Gasteiger charge is -2.17. The highest BCUT2D eigenvalue weighted by molar-refractivity contribution is 6.06. The maximum absolute atomic E-state index is 12.7. The smallest absolute Gasteiger partial charge is 0.387 e. The third kappa shape index (κ3) is 3.21. The van der Waals surface area contributed by atoms with Crippen molar-refractivity contribution < 1.29 is 23.4 Å². The van der Waals surface area contributed by atoms with Crippen LogP contribution in [0, 0.1) is 0 Å². The van der Waals surface area contributed by atoms with E-state index in [1.165, 1.54) is 12.1 Å². The van der Waals surface area contributed by atoms with Crippen LogP contribution in [0.4, 0.5) is 14.5 Å². The zero-order valence-electron chi connectivity index (χ0n) is 12.7. The molecule has 2 heterocycles. The number of aliphatic hydroxyl groups excluding tert-OH is 1. The molecule has 0 saturated heterocycles. The van der Waals surface area contributed by atoms with Crippen molar-refractivity contribution in [2.24, 2.45) is 0 Å². The molecule has 0 bridgehead atoms. The molecular formula is C17H16F2N2O3. The Balaban J connectivity index is 1.82. The maximum atomic E-state index is 12.7. The number of halogens is 2. The number of carbonyl (C=O) groups excluding carboxylic acids is 1. The Bertz CT molecular complexity index is 722. The normalized spacial score (nSPS) is 16.3. The number of rotatable bonds is 5. The molecule has 0 spiro atoms. The highest BCUT2D eigenvalue weighted by atomic mass is 19.3. The number of pyridine rings is 1. The predicted molar refractivity (Wildman–Crippen MR) is 83.4 cm³/mol. The Labute approximate surface area is 137 Å². The largest absolute Gasteiger partial charge is 0.433 e. The average molecular weight is 334 g/mol. The molecule has 0 radical (unpaired) electrons. The summed E-state index contributed by atoms with van der Waals surface area (Å²) in [6.07, 6.45) is 1.67. The topological polar surface area (TPSA) is 62.7 Å². The van der Waals surface area contributed by atoms with Crippen LogP contribution in [0.3, 0.4) is 0 Å². The molecule has 5 nitrogen and oxygen atoms in total. The van der Waals surface area contributed by atoms with E-state index in [0.29, 0.717) is 13.0 Å². The molecule has 3 rings (SSSR count). The summed E-state index contributed by atoms with van der Waals surface area (Å²) in [6, 6.07) is 10.2. The van der Waals surface area contributed by atoms with Gasteiger partial charge >= 0.3 is 6.61 Å². The number of aliphatic hydroxyl groups is 1. The number of amides is 1. The zero-order chi connectivity index (χ0) is 17.1. The van der Waals surface area contributed by atoms with Crippen molar-refractivity contribution in [3.63, 3.8) is 0 Å². The molecule has 1 aliphatic heterocycles. The first-order valence-corrected chi connectivity index (χ1v) is 7.52. The molecular weight excluding hydrogens is 318 g/mol. The molecule has 0 aliphatic carbocycles. The van der Waals surface area contributed by atoms with E-state index in [0.717, 1.165) is 17.4 Å². The molecule has 7 heteroatoms. The van der Waals surface area contributed by atoms with Crippen molar-refractivity contribution in [2.45, 2.75) is 19.0 Å². The molecule has 1 N–H and O–H groups in total. The number of alkyl halides is 2. The van der Waals surface area contributed by atoms with Gasteiger partial charge in [-0.2, -0.15) is 8.78 Å². The minimum absolute atomic E-state index is 0.0406. The molecule has 1 aromatic carbocycles. The van der Waals surface area contributed by atoms with Gasteiger partial charge < -0.3 is 14.7 Å². The van der Waals surface area contributed by atoms with Gasteiger partial charge in [0.25, 0.3) is 5.91 Å². The van der Waals surface area contributed by atoms with E-state index in [-0.39, 0.29) is 29.9 Å². The van der Waals surface area contributed by atoms with E-state index >= 15 is 0 Å². The number of hydrogen-bond donors (Lipinski definition) is 1. The highest BCUT2D eigenvalue weighted by Gasteiger charge is 2.32. The number of anilines is 1. The van der Waals surface area contributed by atoms with E-state index in [1.54, 1.807) is 4.90 Å². The third-order valence-corrected chi connectivity index (χ3v) is 3.97. The number of para-hydroxylation sites is 1. The average Bonchev–Trinajstić information content (AvgIpc) is 2.94. The Morgan fingerprint density at radius 1 is 1.33 bits per heavy atom. The Morgan fingerprint density at radius 3 is 2.79 bits per heavy atom. The predicted octanol–water partition coefficient (Wildman–Crippen LogP) is 2.81. The molecule has 24 heavy (non-hydrogen) atoms. The van der Waals surface area contributed by atoms with Crippen LogP contribution < -0.4 is 9.64 Å². The van der Waals surface area contributed by atoms with E-state index in [2.05, 4.69) is 9.72 Å². The fraction of sp³-hybridized carbons (Fsp3) is 0.294. The molecule has 1 unspecified atom stereocenters. The summed E-state index contributed by atoms with van der Waals surface area (Å²) in [6.45, 7) is -2.44. The lowest BCUT2D eigenvalue weighted by atomic mass is 9.99. The Hall–Kier alpha value is -2.54. The van der Waals surface area contributed by atoms with Gasteiger partial charge in [0.05, 0.1) is 6.20 Å². The second-order valence-corrected chi connectivity index (χ2v) is 5.44. The van der Waals surface area contributed by atoms with Crippen LogP contribution in [0.1, 0.15) is 28.4 Å². The van der Waals surface area contributed by atoms with Crippen LogP contribution in [-0.4, -0.2) is 35.8 Å². The number of ether oxygens (including phenoxy) is 1. The minimum Gasteiger partial charge on any atom is -0.433 e. The quantitative estimate of drug-likeness (QED) is 0.913. The fourth-order valence-corrected chi connectivity index (χ4v) is 2.91. The molecule has 1 aliphatic rings. The summed E-state index contributed by atoms with van der Waals surface area (Å²) in [5.41, 5.74) is 1.95. The van der Waals surface area contributed by atoms with Gasteiger partial charge in [0.1, 0.15) is 11.4 Å². The van der Waals surface area contributed by atoms with Crippen molar-refractivity contribution in [1.29, 1.82) is 0 Å². The van der Waals surface area contributed by atoms with Crippen molar-refractivity contribution >= 4 is 11.6 Å². The minimum atomic E-state index is -2.93. The standard InChI is InChI=1S/C17H16F2N2O3/c18-17(19)24-12-5-6-14(20-9-12)16(23)21-10-11(7-8-22)13-3-1-2-4-15(13)21/h1-6,9,11,17,22H,7-8,10H2. The number of fused-ring (bicyclic) bond motifs is 1. The lowest BCUT2D eigenvalue weighted by molar-refractivity contribution is -0.0500. The van der Waals surface area contributed by atoms with E-state index in [9.17, 15) is 18.7 Å². The van der Waals surface area contributed by atoms with E-state index in [4.69, 9.17) is 0 Å². The van der Waals surface area contributed by atoms with Crippen LogP contribution in [0.15, 0.2) is 42.6 Å². The molecule has 1 aromatic heterocycles. The highest BCUT2D eigenvalue weighted by Crippen LogP contribution is 2.38.